The second-order valence-corrected chi connectivity index (χ2v) is 4.80. The molecule has 1 aromatic rings. The van der Waals surface area contributed by atoms with Gasteiger partial charge in [0.15, 0.2) is 5.57 Å². The lowest BCUT2D eigenvalue weighted by Crippen LogP contribution is -2.42. The number of esters is 2. The van der Waals surface area contributed by atoms with Crippen LogP contribution in [0.1, 0.15) is 13.8 Å². The molecule has 8 nitrogen and oxygen atoms in total. The van der Waals surface area contributed by atoms with Gasteiger partial charge < -0.3 is 14.8 Å². The lowest BCUT2D eigenvalue weighted by Gasteiger charge is -2.29. The Hall–Kier alpha value is -2.97. The Morgan fingerprint density at radius 2 is 1.86 bits per heavy atom. The van der Waals surface area contributed by atoms with Crippen molar-refractivity contribution in [3.8, 4) is 0 Å². The number of hydrogen-bond donors (Lipinski definition) is 1. The fraction of sp³-hybridized carbons (Fsp3) is 0.231. The van der Waals surface area contributed by atoms with Crippen LogP contribution >= 0.6 is 0 Å². The van der Waals surface area contributed by atoms with Crippen molar-refractivity contribution in [1.29, 1.82) is 0 Å². The highest BCUT2D eigenvalue weighted by Gasteiger charge is 2.39. The standard InChI is InChI=1S/C13H11FN2O6/c1-13(2)21-11(17)8(12(18)22-13)6-15-9-4-3-7(14)5-10(9)16(19)20/h3-6,15H,1-2H3. The second-order valence-electron chi connectivity index (χ2n) is 4.80. The summed E-state index contributed by atoms with van der Waals surface area (Å²) in [6.45, 7) is 2.77. The fourth-order valence-electron chi connectivity index (χ4n) is 1.71. The first-order valence-corrected chi connectivity index (χ1v) is 6.07. The number of nitrogens with zero attached hydrogens (tertiary/aromatic N) is 1. The number of hydrogen-bond acceptors (Lipinski definition) is 7. The third kappa shape index (κ3) is 3.19. The number of benzene rings is 1. The van der Waals surface area contributed by atoms with Crippen molar-refractivity contribution in [2.24, 2.45) is 0 Å². The topological polar surface area (TPSA) is 108 Å². The number of nitro benzene ring substituents is 1. The summed E-state index contributed by atoms with van der Waals surface area (Å²) in [6.07, 6.45) is 0.917. The molecule has 22 heavy (non-hydrogen) atoms. The third-order valence-electron chi connectivity index (χ3n) is 2.65. The first-order chi connectivity index (χ1) is 10.2. The largest absolute Gasteiger partial charge is 0.419 e. The van der Waals surface area contributed by atoms with Gasteiger partial charge in [-0.25, -0.2) is 14.0 Å². The molecule has 1 aliphatic heterocycles. The Labute approximate surface area is 123 Å². The van der Waals surface area contributed by atoms with Gasteiger partial charge in [0.1, 0.15) is 11.5 Å². The molecule has 0 bridgehead atoms. The molecule has 1 fully saturated rings. The van der Waals surface area contributed by atoms with E-state index in [1.54, 1.807) is 0 Å². The Kier molecular flexibility index (Phi) is 3.81. The van der Waals surface area contributed by atoms with Gasteiger partial charge in [0, 0.05) is 20.0 Å². The number of anilines is 1. The van der Waals surface area contributed by atoms with E-state index in [0.29, 0.717) is 6.07 Å². The summed E-state index contributed by atoms with van der Waals surface area (Å²) in [5, 5.41) is 13.2. The molecular formula is C13H11FN2O6. The highest BCUT2D eigenvalue weighted by molar-refractivity contribution is 6.15. The third-order valence-corrected chi connectivity index (χ3v) is 2.65. The molecule has 0 aromatic heterocycles. The molecule has 0 atom stereocenters. The molecule has 1 aliphatic rings. The average Bonchev–Trinajstić information content (AvgIpc) is 2.37. The molecule has 2 rings (SSSR count). The van der Waals surface area contributed by atoms with Gasteiger partial charge in [-0.15, -0.1) is 0 Å². The van der Waals surface area contributed by atoms with E-state index >= 15 is 0 Å². The van der Waals surface area contributed by atoms with Gasteiger partial charge in [-0.3, -0.25) is 10.1 Å². The van der Waals surface area contributed by atoms with E-state index in [0.717, 1.165) is 18.3 Å². The number of carbonyl (C=O) groups is 2. The van der Waals surface area contributed by atoms with E-state index in [9.17, 15) is 24.1 Å². The molecule has 1 saturated heterocycles. The molecular weight excluding hydrogens is 299 g/mol. The zero-order valence-electron chi connectivity index (χ0n) is 11.6. The summed E-state index contributed by atoms with van der Waals surface area (Å²) >= 11 is 0. The van der Waals surface area contributed by atoms with Crippen LogP contribution < -0.4 is 5.32 Å². The Bertz CT molecular complexity index is 676. The van der Waals surface area contributed by atoms with Crippen LogP contribution in [0.4, 0.5) is 15.8 Å². The van der Waals surface area contributed by atoms with Crippen molar-refractivity contribution in [1.82, 2.24) is 0 Å². The Morgan fingerprint density at radius 3 is 2.41 bits per heavy atom. The van der Waals surface area contributed by atoms with Crippen molar-refractivity contribution in [3.63, 3.8) is 0 Å². The summed E-state index contributed by atoms with van der Waals surface area (Å²) in [6, 6.07) is 2.81. The summed E-state index contributed by atoms with van der Waals surface area (Å²) < 4.78 is 22.7. The predicted molar refractivity (Wildman–Crippen MR) is 71.0 cm³/mol. The van der Waals surface area contributed by atoms with Crippen LogP contribution in [0.3, 0.4) is 0 Å². The number of nitro groups is 1. The molecule has 0 aliphatic carbocycles. The van der Waals surface area contributed by atoms with E-state index in [1.165, 1.54) is 13.8 Å². The minimum atomic E-state index is -1.38. The van der Waals surface area contributed by atoms with Gasteiger partial charge in [0.05, 0.1) is 11.0 Å². The van der Waals surface area contributed by atoms with E-state index in [1.807, 2.05) is 0 Å². The van der Waals surface area contributed by atoms with E-state index in [4.69, 9.17) is 9.47 Å². The first-order valence-electron chi connectivity index (χ1n) is 6.07. The molecule has 0 radical (unpaired) electrons. The van der Waals surface area contributed by atoms with E-state index in [2.05, 4.69) is 5.32 Å². The van der Waals surface area contributed by atoms with Crippen molar-refractivity contribution in [2.45, 2.75) is 19.6 Å². The van der Waals surface area contributed by atoms with Gasteiger partial charge in [0.2, 0.25) is 0 Å². The Morgan fingerprint density at radius 1 is 1.27 bits per heavy atom. The number of halogens is 1. The van der Waals surface area contributed by atoms with Crippen LogP contribution in [0.15, 0.2) is 30.0 Å². The van der Waals surface area contributed by atoms with Crippen molar-refractivity contribution < 1.29 is 28.4 Å². The van der Waals surface area contributed by atoms with Gasteiger partial charge in [-0.2, -0.15) is 0 Å². The number of carbonyl (C=O) groups excluding carboxylic acids is 2. The predicted octanol–water partition coefficient (Wildman–Crippen LogP) is 1.87. The van der Waals surface area contributed by atoms with Crippen LogP contribution in [0.2, 0.25) is 0 Å². The van der Waals surface area contributed by atoms with Crippen LogP contribution in [0.25, 0.3) is 0 Å². The smallest absolute Gasteiger partial charge is 0.350 e. The van der Waals surface area contributed by atoms with Gasteiger partial charge in [-0.05, 0) is 12.1 Å². The molecule has 116 valence electrons. The van der Waals surface area contributed by atoms with Gasteiger partial charge >= 0.3 is 11.9 Å². The lowest BCUT2D eigenvalue weighted by molar-refractivity contribution is -0.384. The lowest BCUT2D eigenvalue weighted by atomic mass is 10.2. The molecule has 1 heterocycles. The molecule has 1 aromatic carbocycles. The van der Waals surface area contributed by atoms with Crippen LogP contribution in [0.5, 0.6) is 0 Å². The van der Waals surface area contributed by atoms with Crippen LogP contribution in [-0.4, -0.2) is 22.6 Å². The number of nitrogens with one attached hydrogen (secondary N) is 1. The second kappa shape index (κ2) is 5.43. The quantitative estimate of drug-likeness (QED) is 0.298. The molecule has 0 amide bonds. The maximum atomic E-state index is 13.0. The summed E-state index contributed by atoms with van der Waals surface area (Å²) in [7, 11) is 0. The molecule has 1 N–H and O–H groups in total. The zero-order valence-corrected chi connectivity index (χ0v) is 11.6. The summed E-state index contributed by atoms with van der Waals surface area (Å²) in [5.41, 5.74) is -1.10. The summed E-state index contributed by atoms with van der Waals surface area (Å²) in [4.78, 5) is 33.4. The van der Waals surface area contributed by atoms with Gasteiger partial charge in [-0.1, -0.05) is 0 Å². The number of cyclic esters (lactones) is 2. The van der Waals surface area contributed by atoms with Gasteiger partial charge in [0.25, 0.3) is 11.5 Å². The first kappa shape index (κ1) is 15.4. The van der Waals surface area contributed by atoms with Crippen molar-refractivity contribution in [2.75, 3.05) is 5.32 Å². The molecule has 0 unspecified atom stereocenters. The normalized spacial score (nSPS) is 16.6. The highest BCUT2D eigenvalue weighted by atomic mass is 19.1. The highest BCUT2D eigenvalue weighted by Crippen LogP contribution is 2.26. The average molecular weight is 310 g/mol. The Balaban J connectivity index is 2.27. The monoisotopic (exact) mass is 310 g/mol. The van der Waals surface area contributed by atoms with Crippen molar-refractivity contribution >= 4 is 23.3 Å². The molecule has 0 spiro atoms. The van der Waals surface area contributed by atoms with Crippen molar-refractivity contribution in [3.05, 3.63) is 45.9 Å². The maximum Gasteiger partial charge on any atom is 0.350 e. The number of rotatable bonds is 3. The van der Waals surface area contributed by atoms with Crippen LogP contribution in [0, 0.1) is 15.9 Å². The summed E-state index contributed by atoms with van der Waals surface area (Å²) in [5.74, 6) is -4.03. The molecule has 0 saturated carbocycles. The molecule has 9 heteroatoms. The maximum absolute atomic E-state index is 13.0. The zero-order chi connectivity index (χ0) is 16.5. The van der Waals surface area contributed by atoms with Crippen LogP contribution in [-0.2, 0) is 19.1 Å². The minimum absolute atomic E-state index is 0.0932. The number of ether oxygens (including phenoxy) is 2. The van der Waals surface area contributed by atoms with E-state index in [-0.39, 0.29) is 5.69 Å². The van der Waals surface area contributed by atoms with E-state index < -0.39 is 39.7 Å². The fourth-order valence-corrected chi connectivity index (χ4v) is 1.71. The minimum Gasteiger partial charge on any atom is -0.419 e. The SMILES string of the molecule is CC1(C)OC(=O)C(=CNc2ccc(F)cc2[N+](=O)[O-])C(=O)O1.